The van der Waals surface area contributed by atoms with Gasteiger partial charge in [-0.2, -0.15) is 0 Å². The molecule has 68 valence electrons. The van der Waals surface area contributed by atoms with Crippen LogP contribution in [-0.4, -0.2) is 32.1 Å². The van der Waals surface area contributed by atoms with Gasteiger partial charge in [0.05, 0.1) is 0 Å². The molecule has 0 saturated heterocycles. The third-order valence-electron chi connectivity index (χ3n) is 0.809. The Kier molecular flexibility index (Phi) is 34.7. The molecule has 0 aliphatic carbocycles. The van der Waals surface area contributed by atoms with E-state index in [-0.39, 0.29) is 0 Å². The van der Waals surface area contributed by atoms with Gasteiger partial charge in [-0.1, -0.05) is 0 Å². The fourth-order valence-electron chi connectivity index (χ4n) is 0.408. The molecule has 0 atom stereocenters. The molecule has 0 aliphatic rings. The zero-order valence-corrected chi connectivity index (χ0v) is 7.97. The number of rotatable bonds is 3. The highest BCUT2D eigenvalue weighted by molar-refractivity contribution is 4.42. The maximum Gasteiger partial charge on any atom is -0.00128 e. The van der Waals surface area contributed by atoms with Crippen molar-refractivity contribution < 1.29 is 0 Å². The second-order valence-electron chi connectivity index (χ2n) is 1.95. The lowest BCUT2D eigenvalue weighted by molar-refractivity contribution is 0.403. The van der Waals surface area contributed by atoms with E-state index < -0.39 is 0 Å². The van der Waals surface area contributed by atoms with Crippen molar-refractivity contribution in [2.45, 2.75) is 6.42 Å². The number of hydrogen-bond donors (Lipinski definition) is 1. The van der Waals surface area contributed by atoms with Crippen molar-refractivity contribution in [2.24, 2.45) is 5.73 Å². The Morgan fingerprint density at radius 1 is 1.09 bits per heavy atom. The van der Waals surface area contributed by atoms with Crippen LogP contribution >= 0.6 is 0 Å². The lowest BCUT2D eigenvalue weighted by atomic mass is 10.4. The quantitative estimate of drug-likeness (QED) is 0.631. The number of hydrogen-bond acceptors (Lipinski definition) is 2. The van der Waals surface area contributed by atoms with Gasteiger partial charge < -0.3 is 10.6 Å². The Balaban J connectivity index is -0.000000138. The second-order valence-corrected chi connectivity index (χ2v) is 1.95. The maximum atomic E-state index is 5.25. The first-order valence-electron chi connectivity index (χ1n) is 3.62. The summed E-state index contributed by atoms with van der Waals surface area (Å²) in [6.45, 7) is 13.9. The van der Waals surface area contributed by atoms with Gasteiger partial charge in [0.25, 0.3) is 0 Å². The van der Waals surface area contributed by atoms with Gasteiger partial charge in [0, 0.05) is 0 Å². The van der Waals surface area contributed by atoms with Crippen molar-refractivity contribution >= 4 is 0 Å². The molecule has 0 amide bonds. The van der Waals surface area contributed by atoms with Gasteiger partial charge in [-0.25, -0.2) is 0 Å². The molecule has 2 nitrogen and oxygen atoms in total. The lowest BCUT2D eigenvalue weighted by Crippen LogP contribution is -2.16. The summed E-state index contributed by atoms with van der Waals surface area (Å²) in [6, 6.07) is 0. The van der Waals surface area contributed by atoms with E-state index in [1.165, 1.54) is 0 Å². The van der Waals surface area contributed by atoms with E-state index in [1.54, 1.807) is 0 Å². The molecular weight excluding hydrogens is 136 g/mol. The molecule has 0 radical (unpaired) electrons. The van der Waals surface area contributed by atoms with Gasteiger partial charge in [-0.05, 0) is 33.6 Å². The Hall–Kier alpha value is -0.600. The minimum Gasteiger partial charge on any atom is -0.330 e. The Morgan fingerprint density at radius 2 is 1.45 bits per heavy atom. The van der Waals surface area contributed by atoms with Crippen molar-refractivity contribution in [3.05, 3.63) is 26.3 Å². The van der Waals surface area contributed by atoms with Crippen LogP contribution in [0.3, 0.4) is 0 Å². The van der Waals surface area contributed by atoms with Crippen molar-refractivity contribution in [3.8, 4) is 0 Å². The molecule has 0 bridgehead atoms. The van der Waals surface area contributed by atoms with Gasteiger partial charge in [0.2, 0.25) is 0 Å². The third-order valence-corrected chi connectivity index (χ3v) is 0.809. The van der Waals surface area contributed by atoms with Crippen LogP contribution in [0.1, 0.15) is 6.42 Å². The summed E-state index contributed by atoms with van der Waals surface area (Å²) in [5, 5.41) is 0. The first kappa shape index (κ1) is 16.8. The maximum absolute atomic E-state index is 5.25. The fourth-order valence-corrected chi connectivity index (χ4v) is 0.408. The Labute approximate surface area is 71.4 Å². The van der Waals surface area contributed by atoms with Gasteiger partial charge in [-0.3, -0.25) is 0 Å². The van der Waals surface area contributed by atoms with E-state index in [0.717, 1.165) is 19.5 Å². The molecule has 0 saturated carbocycles. The molecule has 0 aliphatic heterocycles. The largest absolute Gasteiger partial charge is 0.330 e. The van der Waals surface area contributed by atoms with E-state index in [2.05, 4.69) is 45.3 Å². The molecule has 11 heavy (non-hydrogen) atoms. The summed E-state index contributed by atoms with van der Waals surface area (Å²) >= 11 is 0. The topological polar surface area (TPSA) is 29.3 Å². The summed E-state index contributed by atoms with van der Waals surface area (Å²) in [5.41, 5.74) is 5.25. The molecule has 0 rings (SSSR count). The zero-order valence-electron chi connectivity index (χ0n) is 7.97. The van der Waals surface area contributed by atoms with Crippen LogP contribution in [0.15, 0.2) is 26.3 Å². The number of nitrogens with two attached hydrogens (primary N) is 1. The van der Waals surface area contributed by atoms with E-state index in [0.29, 0.717) is 0 Å². The van der Waals surface area contributed by atoms with E-state index in [1.807, 2.05) is 0 Å². The van der Waals surface area contributed by atoms with E-state index >= 15 is 0 Å². The summed E-state index contributed by atoms with van der Waals surface area (Å²) in [6.07, 6.45) is 1.10. The number of nitrogens with zero attached hydrogens (tertiary/aromatic N) is 1. The summed E-state index contributed by atoms with van der Waals surface area (Å²) in [7, 11) is 4.10. The normalized spacial score (nSPS) is 7.27. The highest BCUT2D eigenvalue weighted by Crippen LogP contribution is 1.76. The molecule has 0 spiro atoms. The van der Waals surface area contributed by atoms with Crippen molar-refractivity contribution in [1.82, 2.24) is 4.90 Å². The average Bonchev–Trinajstić information content (AvgIpc) is 2.08. The van der Waals surface area contributed by atoms with Crippen molar-refractivity contribution in [1.29, 1.82) is 0 Å². The molecule has 0 aromatic carbocycles. The van der Waals surface area contributed by atoms with E-state index in [4.69, 9.17) is 5.73 Å². The smallest absolute Gasteiger partial charge is 0.00128 e. The van der Waals surface area contributed by atoms with Gasteiger partial charge in [0.1, 0.15) is 0 Å². The van der Waals surface area contributed by atoms with Crippen LogP contribution in [0.25, 0.3) is 0 Å². The SMILES string of the molecule is C=C.C=C.CN(C)CCCN. The van der Waals surface area contributed by atoms with Gasteiger partial charge >= 0.3 is 0 Å². The highest BCUT2D eigenvalue weighted by atomic mass is 15.0. The van der Waals surface area contributed by atoms with Crippen LogP contribution in [0.4, 0.5) is 0 Å². The molecule has 0 unspecified atom stereocenters. The second kappa shape index (κ2) is 22.7. The monoisotopic (exact) mass is 158 g/mol. The first-order chi connectivity index (χ1) is 5.27. The van der Waals surface area contributed by atoms with Crippen LogP contribution in [0.5, 0.6) is 0 Å². The predicted octanol–water partition coefficient (Wildman–Crippen LogP) is 1.50. The van der Waals surface area contributed by atoms with Crippen LogP contribution in [0, 0.1) is 0 Å². The standard InChI is InChI=1S/C5H14N2.2C2H4/c1-7(2)5-3-4-6;2*1-2/h3-6H2,1-2H3;2*1-2H2. The summed E-state index contributed by atoms with van der Waals surface area (Å²) in [4.78, 5) is 2.13. The van der Waals surface area contributed by atoms with Crippen LogP contribution in [-0.2, 0) is 0 Å². The van der Waals surface area contributed by atoms with Crippen LogP contribution in [0.2, 0.25) is 0 Å². The van der Waals surface area contributed by atoms with Crippen LogP contribution < -0.4 is 5.73 Å². The van der Waals surface area contributed by atoms with Crippen molar-refractivity contribution in [3.63, 3.8) is 0 Å². The molecule has 2 heteroatoms. The minimum absolute atomic E-state index is 0.804. The molecule has 0 aromatic rings. The predicted molar refractivity (Wildman–Crippen MR) is 54.7 cm³/mol. The molecule has 0 heterocycles. The average molecular weight is 158 g/mol. The van der Waals surface area contributed by atoms with E-state index in [9.17, 15) is 0 Å². The minimum atomic E-state index is 0.804. The Bertz CT molecular complexity index is 51.5. The first-order valence-corrected chi connectivity index (χ1v) is 3.62. The molecule has 0 fully saturated rings. The van der Waals surface area contributed by atoms with Gasteiger partial charge in [0.15, 0.2) is 0 Å². The zero-order chi connectivity index (χ0) is 9.70. The summed E-state index contributed by atoms with van der Waals surface area (Å²) < 4.78 is 0. The summed E-state index contributed by atoms with van der Waals surface area (Å²) in [5.74, 6) is 0. The van der Waals surface area contributed by atoms with Crippen molar-refractivity contribution in [2.75, 3.05) is 27.2 Å². The third kappa shape index (κ3) is 44.5. The fraction of sp³-hybridized carbons (Fsp3) is 0.556. The highest BCUT2D eigenvalue weighted by Gasteiger charge is 1.83. The van der Waals surface area contributed by atoms with Gasteiger partial charge in [-0.15, -0.1) is 26.3 Å². The molecular formula is C9H22N2. The molecule has 2 N–H and O–H groups in total. The lowest BCUT2D eigenvalue weighted by Gasteiger charge is -2.05. The molecule has 0 aromatic heterocycles. The Morgan fingerprint density at radius 3 is 1.55 bits per heavy atom.